The van der Waals surface area contributed by atoms with Crippen LogP contribution in [0.2, 0.25) is 0 Å². The smallest absolute Gasteiger partial charge is 0.435 e. The van der Waals surface area contributed by atoms with Gasteiger partial charge in [-0.25, -0.2) is 0 Å². The Morgan fingerprint density at radius 2 is 1.86 bits per heavy atom. The van der Waals surface area contributed by atoms with Crippen LogP contribution in [0.1, 0.15) is 65.6 Å². The first-order valence-corrected chi connectivity index (χ1v) is 11.7. The van der Waals surface area contributed by atoms with Crippen LogP contribution in [0.5, 0.6) is 5.75 Å². The van der Waals surface area contributed by atoms with E-state index in [-0.39, 0.29) is 18.0 Å². The standard InChI is InChI=1S/C25H30F3N5O2/c1-7-15-12-17-22(30-32(5)23(17)19-13-21(25(26,27)28)29-31(19)4)18(8-2)33(15)24(34)16-10-9-11-20(35-6)14(16)3/h9-11,13,15,18H,7-8,12H2,1-6H3. The maximum Gasteiger partial charge on any atom is 0.435 e. The Balaban J connectivity index is 1.83. The predicted molar refractivity (Wildman–Crippen MR) is 125 cm³/mol. The van der Waals surface area contributed by atoms with Gasteiger partial charge in [-0.15, -0.1) is 0 Å². The fourth-order valence-electron chi connectivity index (χ4n) is 5.17. The summed E-state index contributed by atoms with van der Waals surface area (Å²) in [6.07, 6.45) is -2.73. The van der Waals surface area contributed by atoms with Crippen molar-refractivity contribution in [3.8, 4) is 17.1 Å². The van der Waals surface area contributed by atoms with E-state index in [1.54, 1.807) is 31.0 Å². The zero-order chi connectivity index (χ0) is 25.7. The Morgan fingerprint density at radius 3 is 2.43 bits per heavy atom. The highest BCUT2D eigenvalue weighted by molar-refractivity contribution is 5.97. The largest absolute Gasteiger partial charge is 0.496 e. The summed E-state index contributed by atoms with van der Waals surface area (Å²) >= 11 is 0. The average Bonchev–Trinajstić information content (AvgIpc) is 3.35. The molecule has 0 saturated heterocycles. The lowest BCUT2D eigenvalue weighted by molar-refractivity contribution is -0.141. The fourth-order valence-corrected chi connectivity index (χ4v) is 5.17. The van der Waals surface area contributed by atoms with Gasteiger partial charge in [0.15, 0.2) is 5.69 Å². The van der Waals surface area contributed by atoms with Crippen molar-refractivity contribution < 1.29 is 22.7 Å². The van der Waals surface area contributed by atoms with Crippen LogP contribution in [-0.4, -0.2) is 43.5 Å². The molecule has 0 N–H and O–H groups in total. The minimum atomic E-state index is -4.54. The highest BCUT2D eigenvalue weighted by Gasteiger charge is 2.41. The predicted octanol–water partition coefficient (Wildman–Crippen LogP) is 5.08. The molecule has 3 aromatic rings. The minimum absolute atomic E-state index is 0.0992. The number of fused-ring (bicyclic) bond motifs is 1. The summed E-state index contributed by atoms with van der Waals surface area (Å²) in [6.45, 7) is 5.87. The molecule has 1 aromatic carbocycles. The molecular weight excluding hydrogens is 459 g/mol. The van der Waals surface area contributed by atoms with Crippen molar-refractivity contribution >= 4 is 5.91 Å². The normalized spacial score (nSPS) is 18.0. The summed E-state index contributed by atoms with van der Waals surface area (Å²) in [5.74, 6) is 0.546. The maximum atomic E-state index is 13.9. The summed E-state index contributed by atoms with van der Waals surface area (Å²) in [5, 5.41) is 8.41. The van der Waals surface area contributed by atoms with E-state index in [0.29, 0.717) is 42.0 Å². The molecule has 0 spiro atoms. The topological polar surface area (TPSA) is 65.2 Å². The molecule has 35 heavy (non-hydrogen) atoms. The molecular formula is C25H30F3N5O2. The molecule has 0 saturated carbocycles. The number of amides is 1. The number of ether oxygens (including phenoxy) is 1. The van der Waals surface area contributed by atoms with Gasteiger partial charge in [-0.2, -0.15) is 23.4 Å². The molecule has 10 heteroatoms. The van der Waals surface area contributed by atoms with Crippen molar-refractivity contribution in [3.05, 3.63) is 52.3 Å². The van der Waals surface area contributed by atoms with Crippen LogP contribution in [0, 0.1) is 6.92 Å². The maximum absolute atomic E-state index is 13.9. The second-order valence-electron chi connectivity index (χ2n) is 8.91. The van der Waals surface area contributed by atoms with Gasteiger partial charge < -0.3 is 9.64 Å². The van der Waals surface area contributed by atoms with E-state index in [2.05, 4.69) is 5.10 Å². The first-order valence-electron chi connectivity index (χ1n) is 11.7. The number of methoxy groups -OCH3 is 1. The van der Waals surface area contributed by atoms with Gasteiger partial charge in [0.2, 0.25) is 0 Å². The van der Waals surface area contributed by atoms with Gasteiger partial charge in [0, 0.05) is 36.8 Å². The number of carbonyl (C=O) groups is 1. The monoisotopic (exact) mass is 489 g/mol. The summed E-state index contributed by atoms with van der Waals surface area (Å²) in [6, 6.07) is 6.05. The number of alkyl halides is 3. The van der Waals surface area contributed by atoms with E-state index in [0.717, 1.165) is 22.9 Å². The van der Waals surface area contributed by atoms with Crippen LogP contribution in [0.25, 0.3) is 11.4 Å². The zero-order valence-corrected chi connectivity index (χ0v) is 20.8. The molecule has 3 heterocycles. The first-order chi connectivity index (χ1) is 16.5. The molecule has 0 fully saturated rings. The van der Waals surface area contributed by atoms with Crippen LogP contribution in [-0.2, 0) is 26.7 Å². The van der Waals surface area contributed by atoms with Crippen molar-refractivity contribution in [2.45, 2.75) is 58.3 Å². The third-order valence-corrected chi connectivity index (χ3v) is 6.90. The van der Waals surface area contributed by atoms with E-state index in [9.17, 15) is 18.0 Å². The van der Waals surface area contributed by atoms with Crippen molar-refractivity contribution in [2.24, 2.45) is 14.1 Å². The van der Waals surface area contributed by atoms with Gasteiger partial charge in [0.25, 0.3) is 5.91 Å². The molecule has 4 rings (SSSR count). The van der Waals surface area contributed by atoms with E-state index in [1.165, 1.54) is 11.7 Å². The second kappa shape index (κ2) is 9.05. The number of hydrogen-bond donors (Lipinski definition) is 0. The molecule has 2 atom stereocenters. The molecule has 1 aliphatic rings. The van der Waals surface area contributed by atoms with E-state index in [4.69, 9.17) is 9.84 Å². The van der Waals surface area contributed by atoms with Crippen molar-refractivity contribution in [1.29, 1.82) is 0 Å². The van der Waals surface area contributed by atoms with E-state index < -0.39 is 11.9 Å². The number of hydrogen-bond acceptors (Lipinski definition) is 4. The number of halogens is 3. The lowest BCUT2D eigenvalue weighted by Crippen LogP contribution is -2.47. The Kier molecular flexibility index (Phi) is 6.42. The number of aryl methyl sites for hydroxylation is 2. The molecule has 0 radical (unpaired) electrons. The number of nitrogens with zero attached hydrogens (tertiary/aromatic N) is 5. The highest BCUT2D eigenvalue weighted by Crippen LogP contribution is 2.42. The number of rotatable bonds is 5. The molecule has 0 aliphatic carbocycles. The lowest BCUT2D eigenvalue weighted by atomic mass is 9.87. The van der Waals surface area contributed by atoms with Crippen LogP contribution in [0.4, 0.5) is 13.2 Å². The summed E-state index contributed by atoms with van der Waals surface area (Å²) in [5.41, 5.74) is 2.95. The quantitative estimate of drug-likeness (QED) is 0.501. The molecule has 0 bridgehead atoms. The van der Waals surface area contributed by atoms with Gasteiger partial charge in [0.1, 0.15) is 5.75 Å². The molecule has 7 nitrogen and oxygen atoms in total. The minimum Gasteiger partial charge on any atom is -0.496 e. The van der Waals surface area contributed by atoms with Crippen molar-refractivity contribution in [3.63, 3.8) is 0 Å². The number of benzene rings is 1. The summed E-state index contributed by atoms with van der Waals surface area (Å²) in [4.78, 5) is 15.8. The van der Waals surface area contributed by atoms with Gasteiger partial charge >= 0.3 is 6.18 Å². The van der Waals surface area contributed by atoms with Gasteiger partial charge in [-0.05, 0) is 44.4 Å². The van der Waals surface area contributed by atoms with Crippen LogP contribution in [0.15, 0.2) is 24.3 Å². The molecule has 2 unspecified atom stereocenters. The van der Waals surface area contributed by atoms with Gasteiger partial charge in [-0.3, -0.25) is 14.2 Å². The average molecular weight is 490 g/mol. The SMILES string of the molecule is CCC1Cc2c(nn(C)c2-c2cc(C(F)(F)F)nn2C)C(CC)N1C(=O)c1cccc(OC)c1C. The Morgan fingerprint density at radius 1 is 1.14 bits per heavy atom. The highest BCUT2D eigenvalue weighted by atomic mass is 19.4. The fraction of sp³-hybridized carbons (Fsp3) is 0.480. The van der Waals surface area contributed by atoms with Gasteiger partial charge in [0.05, 0.1) is 30.2 Å². The van der Waals surface area contributed by atoms with Crippen LogP contribution < -0.4 is 4.74 Å². The third-order valence-electron chi connectivity index (χ3n) is 6.90. The van der Waals surface area contributed by atoms with Crippen molar-refractivity contribution in [2.75, 3.05) is 7.11 Å². The summed E-state index contributed by atoms with van der Waals surface area (Å²) < 4.78 is 48.3. The molecule has 188 valence electrons. The van der Waals surface area contributed by atoms with E-state index >= 15 is 0 Å². The van der Waals surface area contributed by atoms with Crippen molar-refractivity contribution in [1.82, 2.24) is 24.5 Å². The lowest BCUT2D eigenvalue weighted by Gasteiger charge is -2.41. The van der Waals surface area contributed by atoms with Gasteiger partial charge in [-0.1, -0.05) is 19.9 Å². The molecule has 2 aromatic heterocycles. The molecule has 1 aliphatic heterocycles. The van der Waals surface area contributed by atoms with E-state index in [1.807, 2.05) is 31.7 Å². The van der Waals surface area contributed by atoms with Crippen LogP contribution >= 0.6 is 0 Å². The number of carbonyl (C=O) groups excluding carboxylic acids is 1. The first kappa shape index (κ1) is 24.8. The Labute approximate surface area is 202 Å². The summed E-state index contributed by atoms with van der Waals surface area (Å²) in [7, 11) is 4.80. The molecule has 1 amide bonds. The zero-order valence-electron chi connectivity index (χ0n) is 20.8. The third kappa shape index (κ3) is 4.08. The second-order valence-corrected chi connectivity index (χ2v) is 8.91. The Hall–Kier alpha value is -3.30. The van der Waals surface area contributed by atoms with Crippen LogP contribution in [0.3, 0.4) is 0 Å². The number of aromatic nitrogens is 4. The Bertz CT molecular complexity index is 1260.